The second-order valence-electron chi connectivity index (χ2n) is 5.91. The molecule has 1 heterocycles. The van der Waals surface area contributed by atoms with Crippen molar-refractivity contribution in [3.8, 4) is 11.8 Å². The molecule has 0 saturated carbocycles. The first-order chi connectivity index (χ1) is 10.8. The second kappa shape index (κ2) is 6.84. The van der Waals surface area contributed by atoms with Crippen molar-refractivity contribution in [2.75, 3.05) is 11.1 Å². The maximum atomic E-state index is 11.9. The van der Waals surface area contributed by atoms with Gasteiger partial charge in [-0.15, -0.1) is 0 Å². The van der Waals surface area contributed by atoms with Crippen LogP contribution in [0.25, 0.3) is 0 Å². The van der Waals surface area contributed by atoms with Crippen LogP contribution >= 0.6 is 0 Å². The summed E-state index contributed by atoms with van der Waals surface area (Å²) in [6.07, 6.45) is 0.873. The number of hydrogen-bond donors (Lipinski definition) is 2. The fourth-order valence-electron chi connectivity index (χ4n) is 1.74. The smallest absolute Gasteiger partial charge is 0.413 e. The summed E-state index contributed by atoms with van der Waals surface area (Å²) in [7, 11) is 0. The molecule has 0 aliphatic rings. The van der Waals surface area contributed by atoms with Gasteiger partial charge in [0.1, 0.15) is 5.60 Å². The summed E-state index contributed by atoms with van der Waals surface area (Å²) in [6.45, 7) is 5.37. The predicted molar refractivity (Wildman–Crippen MR) is 90.9 cm³/mol. The van der Waals surface area contributed by atoms with Crippen LogP contribution in [0.1, 0.15) is 31.9 Å². The number of pyridine rings is 1. The average Bonchev–Trinajstić information content (AvgIpc) is 2.46. The zero-order valence-corrected chi connectivity index (χ0v) is 13.4. The molecule has 1 aromatic carbocycles. The Morgan fingerprint density at radius 2 is 1.91 bits per heavy atom. The molecule has 1 aromatic heterocycles. The monoisotopic (exact) mass is 309 g/mol. The molecule has 0 fully saturated rings. The molecule has 0 spiro atoms. The van der Waals surface area contributed by atoms with Crippen molar-refractivity contribution in [3.63, 3.8) is 0 Å². The number of benzene rings is 1. The molecule has 5 nitrogen and oxygen atoms in total. The van der Waals surface area contributed by atoms with Gasteiger partial charge in [0.05, 0.1) is 17.4 Å². The number of nitrogens with one attached hydrogen (secondary N) is 1. The van der Waals surface area contributed by atoms with Crippen LogP contribution < -0.4 is 11.1 Å². The lowest BCUT2D eigenvalue weighted by Crippen LogP contribution is -2.27. The minimum Gasteiger partial charge on any atom is -0.444 e. The van der Waals surface area contributed by atoms with E-state index in [4.69, 9.17) is 10.5 Å². The number of amides is 1. The third-order valence-corrected chi connectivity index (χ3v) is 2.64. The van der Waals surface area contributed by atoms with Crippen molar-refractivity contribution >= 4 is 17.6 Å². The van der Waals surface area contributed by atoms with Crippen molar-refractivity contribution in [2.24, 2.45) is 0 Å². The molecule has 0 radical (unpaired) electrons. The standard InChI is InChI=1S/C18H19N3O2/c1-18(2,3)23-17(22)21-16-14(11-15(19)12-20-16)10-9-13-7-5-4-6-8-13/h4-8,11-12H,19H2,1-3H3,(H,20,21,22). The maximum absolute atomic E-state index is 11.9. The summed E-state index contributed by atoms with van der Waals surface area (Å²) < 4.78 is 5.22. The molecular formula is C18H19N3O2. The lowest BCUT2D eigenvalue weighted by molar-refractivity contribution is 0.0635. The first-order valence-corrected chi connectivity index (χ1v) is 7.16. The SMILES string of the molecule is CC(C)(C)OC(=O)Nc1ncc(N)cc1C#Cc1ccccc1. The van der Waals surface area contributed by atoms with E-state index in [1.54, 1.807) is 26.8 Å². The molecule has 0 aliphatic carbocycles. The number of nitrogens with two attached hydrogens (primary N) is 1. The van der Waals surface area contributed by atoms with Crippen molar-refractivity contribution in [2.45, 2.75) is 26.4 Å². The quantitative estimate of drug-likeness (QED) is 0.791. The highest BCUT2D eigenvalue weighted by Gasteiger charge is 2.17. The number of nitrogen functional groups attached to an aromatic ring is 1. The Morgan fingerprint density at radius 1 is 1.22 bits per heavy atom. The lowest BCUT2D eigenvalue weighted by atomic mass is 10.2. The van der Waals surface area contributed by atoms with Crippen molar-refractivity contribution in [3.05, 3.63) is 53.7 Å². The third-order valence-electron chi connectivity index (χ3n) is 2.64. The van der Waals surface area contributed by atoms with Crippen molar-refractivity contribution in [1.29, 1.82) is 0 Å². The van der Waals surface area contributed by atoms with Gasteiger partial charge in [0.15, 0.2) is 5.82 Å². The Morgan fingerprint density at radius 3 is 2.57 bits per heavy atom. The largest absolute Gasteiger partial charge is 0.444 e. The summed E-state index contributed by atoms with van der Waals surface area (Å²) in [6, 6.07) is 11.2. The molecule has 5 heteroatoms. The molecule has 118 valence electrons. The van der Waals surface area contributed by atoms with Gasteiger partial charge < -0.3 is 10.5 Å². The van der Waals surface area contributed by atoms with Gasteiger partial charge in [0.25, 0.3) is 0 Å². The molecular weight excluding hydrogens is 290 g/mol. The summed E-state index contributed by atoms with van der Waals surface area (Å²) >= 11 is 0. The van der Waals surface area contributed by atoms with Gasteiger partial charge in [0.2, 0.25) is 0 Å². The summed E-state index contributed by atoms with van der Waals surface area (Å²) in [5.74, 6) is 6.30. The summed E-state index contributed by atoms with van der Waals surface area (Å²) in [5, 5.41) is 2.60. The van der Waals surface area contributed by atoms with Crippen LogP contribution in [0.3, 0.4) is 0 Å². The predicted octanol–water partition coefficient (Wildman–Crippen LogP) is 3.41. The van der Waals surface area contributed by atoms with E-state index in [0.717, 1.165) is 5.56 Å². The minimum atomic E-state index is -0.590. The zero-order chi connectivity index (χ0) is 16.9. The molecule has 23 heavy (non-hydrogen) atoms. The van der Waals surface area contributed by atoms with Crippen molar-refractivity contribution in [1.82, 2.24) is 4.98 Å². The first-order valence-electron chi connectivity index (χ1n) is 7.16. The normalized spacial score (nSPS) is 10.4. The fraction of sp³-hybridized carbons (Fsp3) is 0.222. The minimum absolute atomic E-state index is 0.317. The van der Waals surface area contributed by atoms with E-state index in [2.05, 4.69) is 22.1 Å². The number of aromatic nitrogens is 1. The first kappa shape index (κ1) is 16.4. The molecule has 0 bridgehead atoms. The van der Waals surface area contributed by atoms with E-state index in [1.165, 1.54) is 6.20 Å². The number of nitrogens with zero attached hydrogens (tertiary/aromatic N) is 1. The van der Waals surface area contributed by atoms with E-state index in [1.807, 2.05) is 30.3 Å². The molecule has 2 aromatic rings. The van der Waals surface area contributed by atoms with E-state index in [-0.39, 0.29) is 0 Å². The van der Waals surface area contributed by atoms with Gasteiger partial charge in [-0.3, -0.25) is 5.32 Å². The number of rotatable bonds is 1. The highest BCUT2D eigenvalue weighted by atomic mass is 16.6. The number of carbonyl (C=O) groups is 1. The Kier molecular flexibility index (Phi) is 4.87. The Bertz CT molecular complexity index is 753. The van der Waals surface area contributed by atoms with Gasteiger partial charge in [-0.2, -0.15) is 0 Å². The number of hydrogen-bond acceptors (Lipinski definition) is 4. The lowest BCUT2D eigenvalue weighted by Gasteiger charge is -2.19. The average molecular weight is 309 g/mol. The molecule has 0 unspecified atom stereocenters. The number of ether oxygens (including phenoxy) is 1. The third kappa shape index (κ3) is 5.36. The van der Waals surface area contributed by atoms with Crippen molar-refractivity contribution < 1.29 is 9.53 Å². The molecule has 0 saturated heterocycles. The van der Waals surface area contributed by atoms with E-state index >= 15 is 0 Å². The Labute approximate surface area is 135 Å². The van der Waals surface area contributed by atoms with Crippen LogP contribution in [0.15, 0.2) is 42.6 Å². The summed E-state index contributed by atoms with van der Waals surface area (Å²) in [4.78, 5) is 16.0. The Hall–Kier alpha value is -3.00. The van der Waals surface area contributed by atoms with Crippen LogP contribution in [0, 0.1) is 11.8 Å². The van der Waals surface area contributed by atoms with Gasteiger partial charge in [-0.1, -0.05) is 30.0 Å². The molecule has 0 aliphatic heterocycles. The van der Waals surface area contributed by atoms with E-state index < -0.39 is 11.7 Å². The Balaban J connectivity index is 2.25. The van der Waals surface area contributed by atoms with Gasteiger partial charge in [-0.25, -0.2) is 9.78 Å². The van der Waals surface area contributed by atoms with Crippen LogP contribution in [0.2, 0.25) is 0 Å². The van der Waals surface area contributed by atoms with Gasteiger partial charge >= 0.3 is 6.09 Å². The van der Waals surface area contributed by atoms with Gasteiger partial charge in [0, 0.05) is 5.56 Å². The zero-order valence-electron chi connectivity index (χ0n) is 13.4. The van der Waals surface area contributed by atoms with Crippen LogP contribution in [-0.2, 0) is 4.74 Å². The molecule has 2 rings (SSSR count). The highest BCUT2D eigenvalue weighted by Crippen LogP contribution is 2.16. The van der Waals surface area contributed by atoms with Gasteiger partial charge in [-0.05, 0) is 39.0 Å². The molecule has 0 atom stereocenters. The second-order valence-corrected chi connectivity index (χ2v) is 5.91. The molecule has 1 amide bonds. The fourth-order valence-corrected chi connectivity index (χ4v) is 1.74. The number of anilines is 2. The molecule has 3 N–H and O–H groups in total. The topological polar surface area (TPSA) is 77.2 Å². The van der Waals surface area contributed by atoms with Crippen LogP contribution in [-0.4, -0.2) is 16.7 Å². The van der Waals surface area contributed by atoms with E-state index in [0.29, 0.717) is 17.1 Å². The van der Waals surface area contributed by atoms with Crippen LogP contribution in [0.5, 0.6) is 0 Å². The highest BCUT2D eigenvalue weighted by molar-refractivity contribution is 5.85. The maximum Gasteiger partial charge on any atom is 0.413 e. The summed E-state index contributed by atoms with van der Waals surface area (Å²) in [5.41, 5.74) is 7.02. The van der Waals surface area contributed by atoms with E-state index in [9.17, 15) is 4.79 Å². The van der Waals surface area contributed by atoms with Crippen LogP contribution in [0.4, 0.5) is 16.3 Å². The number of carbonyl (C=O) groups excluding carboxylic acids is 1.